The maximum Gasteiger partial charge on any atom is 0.0991 e. The fraction of sp³-hybridized carbons (Fsp3) is 0.778. The van der Waals surface area contributed by atoms with Crippen LogP contribution in [-0.2, 0) is 4.74 Å². The van der Waals surface area contributed by atoms with Crippen LogP contribution in [0.25, 0.3) is 0 Å². The summed E-state index contributed by atoms with van der Waals surface area (Å²) in [5, 5.41) is 9.14. The molecule has 0 amide bonds. The molecule has 0 bridgehead atoms. The molecule has 3 unspecified atom stereocenters. The number of hydrogen-bond donors (Lipinski definition) is 1. The first-order chi connectivity index (χ1) is 5.20. The number of epoxide rings is 1. The van der Waals surface area contributed by atoms with E-state index >= 15 is 0 Å². The molecule has 0 aromatic carbocycles. The molecule has 11 heavy (non-hydrogen) atoms. The van der Waals surface area contributed by atoms with Crippen LogP contribution < -0.4 is 0 Å². The molecule has 0 aromatic heterocycles. The highest BCUT2D eigenvalue weighted by molar-refractivity contribution is 4.96. The lowest BCUT2D eigenvalue weighted by molar-refractivity contribution is 0.136. The summed E-state index contributed by atoms with van der Waals surface area (Å²) < 4.78 is 5.00. The third-order valence-electron chi connectivity index (χ3n) is 2.04. The Morgan fingerprint density at radius 3 is 2.73 bits per heavy atom. The van der Waals surface area contributed by atoms with Crippen LogP contribution in [0.15, 0.2) is 12.2 Å². The van der Waals surface area contributed by atoms with Crippen molar-refractivity contribution in [3.8, 4) is 0 Å². The summed E-state index contributed by atoms with van der Waals surface area (Å²) in [6.07, 6.45) is 5.27. The fourth-order valence-corrected chi connectivity index (χ4v) is 0.809. The first-order valence-electron chi connectivity index (χ1n) is 4.16. The Balaban J connectivity index is 2.09. The summed E-state index contributed by atoms with van der Waals surface area (Å²) in [5.74, 6) is 0.352. The van der Waals surface area contributed by atoms with Crippen molar-refractivity contribution in [2.75, 3.05) is 6.61 Å². The number of ether oxygens (including phenoxy) is 1. The lowest BCUT2D eigenvalue weighted by Gasteiger charge is -2.10. The van der Waals surface area contributed by atoms with Crippen LogP contribution in [0.1, 0.15) is 20.3 Å². The molecule has 0 aromatic rings. The molecule has 0 aliphatic carbocycles. The molecule has 0 radical (unpaired) electrons. The van der Waals surface area contributed by atoms with E-state index in [1.807, 2.05) is 13.8 Å². The third-order valence-corrected chi connectivity index (χ3v) is 2.04. The van der Waals surface area contributed by atoms with Crippen molar-refractivity contribution >= 4 is 0 Å². The maximum absolute atomic E-state index is 9.14. The number of aliphatic hydroxyl groups is 1. The highest BCUT2D eigenvalue weighted by atomic mass is 16.6. The molecule has 1 aliphatic rings. The number of rotatable bonds is 4. The minimum Gasteiger partial charge on any atom is -0.393 e. The van der Waals surface area contributed by atoms with E-state index in [9.17, 15) is 0 Å². The lowest BCUT2D eigenvalue weighted by Crippen LogP contribution is -2.11. The highest BCUT2D eigenvalue weighted by Crippen LogP contribution is 2.13. The lowest BCUT2D eigenvalue weighted by atomic mass is 10.0. The molecule has 64 valence electrons. The summed E-state index contributed by atoms with van der Waals surface area (Å²) in [4.78, 5) is 0. The quantitative estimate of drug-likeness (QED) is 0.492. The van der Waals surface area contributed by atoms with Crippen LogP contribution in [0.4, 0.5) is 0 Å². The first kappa shape index (κ1) is 8.75. The second-order valence-corrected chi connectivity index (χ2v) is 3.25. The number of allylic oxidation sites excluding steroid dienone is 1. The molecule has 2 nitrogen and oxygen atoms in total. The van der Waals surface area contributed by atoms with Gasteiger partial charge in [-0.2, -0.15) is 0 Å². The molecule has 3 atom stereocenters. The van der Waals surface area contributed by atoms with Gasteiger partial charge in [0.15, 0.2) is 0 Å². The predicted octanol–water partition coefficient (Wildman–Crippen LogP) is 1.35. The molecule has 2 heteroatoms. The van der Waals surface area contributed by atoms with Gasteiger partial charge in [-0.15, -0.1) is 0 Å². The van der Waals surface area contributed by atoms with Crippen LogP contribution in [0.5, 0.6) is 0 Å². The van der Waals surface area contributed by atoms with Crippen molar-refractivity contribution in [2.24, 2.45) is 5.92 Å². The van der Waals surface area contributed by atoms with Gasteiger partial charge < -0.3 is 9.84 Å². The smallest absolute Gasteiger partial charge is 0.0991 e. The highest BCUT2D eigenvalue weighted by Gasteiger charge is 2.17. The van der Waals surface area contributed by atoms with E-state index in [1.54, 1.807) is 0 Å². The van der Waals surface area contributed by atoms with Gasteiger partial charge in [0, 0.05) is 0 Å². The molecule has 1 fully saturated rings. The third kappa shape index (κ3) is 3.54. The van der Waals surface area contributed by atoms with Gasteiger partial charge in [-0.05, 0) is 19.3 Å². The van der Waals surface area contributed by atoms with Crippen molar-refractivity contribution in [3.63, 3.8) is 0 Å². The van der Waals surface area contributed by atoms with E-state index in [2.05, 4.69) is 12.2 Å². The summed E-state index contributed by atoms with van der Waals surface area (Å²) >= 11 is 0. The minimum absolute atomic E-state index is 0.209. The SMILES string of the molecule is CC(O)C(C)C/C=C/C1CO1. The van der Waals surface area contributed by atoms with E-state index in [-0.39, 0.29) is 6.10 Å². The Hall–Kier alpha value is -0.340. The van der Waals surface area contributed by atoms with E-state index in [4.69, 9.17) is 9.84 Å². The van der Waals surface area contributed by atoms with Crippen LogP contribution >= 0.6 is 0 Å². The zero-order valence-corrected chi connectivity index (χ0v) is 7.16. The van der Waals surface area contributed by atoms with Gasteiger partial charge in [-0.3, -0.25) is 0 Å². The van der Waals surface area contributed by atoms with Gasteiger partial charge in [0.2, 0.25) is 0 Å². The fourth-order valence-electron chi connectivity index (χ4n) is 0.809. The Labute approximate surface area is 67.9 Å². The molecule has 1 aliphatic heterocycles. The van der Waals surface area contributed by atoms with Gasteiger partial charge in [0.05, 0.1) is 18.8 Å². The van der Waals surface area contributed by atoms with Crippen LogP contribution in [0.2, 0.25) is 0 Å². The van der Waals surface area contributed by atoms with Gasteiger partial charge in [-0.25, -0.2) is 0 Å². The van der Waals surface area contributed by atoms with E-state index in [1.165, 1.54) is 0 Å². The van der Waals surface area contributed by atoms with Gasteiger partial charge in [-0.1, -0.05) is 19.1 Å². The second kappa shape index (κ2) is 3.88. The second-order valence-electron chi connectivity index (χ2n) is 3.25. The van der Waals surface area contributed by atoms with E-state index in [0.717, 1.165) is 13.0 Å². The molecule has 1 saturated heterocycles. The van der Waals surface area contributed by atoms with E-state index in [0.29, 0.717) is 12.0 Å². The topological polar surface area (TPSA) is 32.8 Å². The van der Waals surface area contributed by atoms with Crippen molar-refractivity contribution < 1.29 is 9.84 Å². The van der Waals surface area contributed by atoms with Crippen molar-refractivity contribution in [1.29, 1.82) is 0 Å². The van der Waals surface area contributed by atoms with Gasteiger partial charge in [0.25, 0.3) is 0 Å². The molecule has 1 N–H and O–H groups in total. The van der Waals surface area contributed by atoms with Gasteiger partial charge >= 0.3 is 0 Å². The summed E-state index contributed by atoms with van der Waals surface area (Å²) in [7, 11) is 0. The monoisotopic (exact) mass is 156 g/mol. The Kier molecular flexibility index (Phi) is 3.09. The molecule has 0 saturated carbocycles. The zero-order chi connectivity index (χ0) is 8.27. The van der Waals surface area contributed by atoms with Gasteiger partial charge in [0.1, 0.15) is 0 Å². The number of hydrogen-bond acceptors (Lipinski definition) is 2. The average molecular weight is 156 g/mol. The molecular formula is C9H16O2. The average Bonchev–Trinajstić information content (AvgIpc) is 2.71. The zero-order valence-electron chi connectivity index (χ0n) is 7.16. The normalized spacial score (nSPS) is 28.8. The van der Waals surface area contributed by atoms with Crippen LogP contribution in [-0.4, -0.2) is 23.9 Å². The van der Waals surface area contributed by atoms with Crippen molar-refractivity contribution in [3.05, 3.63) is 12.2 Å². The predicted molar refractivity (Wildman–Crippen MR) is 44.3 cm³/mol. The van der Waals surface area contributed by atoms with Crippen LogP contribution in [0.3, 0.4) is 0 Å². The largest absolute Gasteiger partial charge is 0.393 e. The molecule has 1 rings (SSSR count). The maximum atomic E-state index is 9.14. The van der Waals surface area contributed by atoms with E-state index < -0.39 is 0 Å². The summed E-state index contributed by atoms with van der Waals surface area (Å²) in [6, 6.07) is 0. The molecule has 1 heterocycles. The van der Waals surface area contributed by atoms with Crippen molar-refractivity contribution in [2.45, 2.75) is 32.5 Å². The Morgan fingerprint density at radius 1 is 1.64 bits per heavy atom. The number of aliphatic hydroxyl groups excluding tert-OH is 1. The molecule has 0 spiro atoms. The standard InChI is InChI=1S/C9H16O2/c1-7(8(2)10)4-3-5-9-6-11-9/h3,5,7-10H,4,6H2,1-2H3/b5-3+. The van der Waals surface area contributed by atoms with Crippen LogP contribution in [0, 0.1) is 5.92 Å². The Morgan fingerprint density at radius 2 is 2.27 bits per heavy atom. The summed E-state index contributed by atoms with van der Waals surface area (Å²) in [6.45, 7) is 4.74. The first-order valence-corrected chi connectivity index (χ1v) is 4.16. The Bertz CT molecular complexity index is 136. The minimum atomic E-state index is -0.209. The molecular weight excluding hydrogens is 140 g/mol. The van der Waals surface area contributed by atoms with Crippen molar-refractivity contribution in [1.82, 2.24) is 0 Å². The summed E-state index contributed by atoms with van der Waals surface area (Å²) in [5.41, 5.74) is 0.